The van der Waals surface area contributed by atoms with Crippen LogP contribution in [-0.4, -0.2) is 0 Å². The van der Waals surface area contributed by atoms with Gasteiger partial charge in [-0.15, -0.1) is 0 Å². The lowest BCUT2D eigenvalue weighted by atomic mass is 9.75. The standard InChI is InChI=1S/C17H28/c1-9-13-10-14(16(3,4)5)12(2)15(11-13)17(6,7)8/h10-11H,9H2,1-8H3. The Bertz CT molecular complexity index is 362. The Morgan fingerprint density at radius 1 is 0.824 bits per heavy atom. The molecule has 0 bridgehead atoms. The second-order valence-corrected chi connectivity index (χ2v) is 7.17. The normalized spacial score (nSPS) is 12.9. The highest BCUT2D eigenvalue weighted by Gasteiger charge is 2.23. The van der Waals surface area contributed by atoms with Crippen LogP contribution in [0.4, 0.5) is 0 Å². The van der Waals surface area contributed by atoms with Crippen LogP contribution in [0.3, 0.4) is 0 Å². The Morgan fingerprint density at radius 2 is 1.18 bits per heavy atom. The fourth-order valence-electron chi connectivity index (χ4n) is 2.54. The van der Waals surface area contributed by atoms with Gasteiger partial charge in [0.15, 0.2) is 0 Å². The zero-order valence-corrected chi connectivity index (χ0v) is 12.9. The molecule has 0 nitrogen and oxygen atoms in total. The molecular formula is C17H28. The third-order valence-corrected chi connectivity index (χ3v) is 3.49. The van der Waals surface area contributed by atoms with Crippen LogP contribution < -0.4 is 0 Å². The summed E-state index contributed by atoms with van der Waals surface area (Å²) in [7, 11) is 0. The van der Waals surface area contributed by atoms with Crippen LogP contribution >= 0.6 is 0 Å². The molecule has 0 aliphatic rings. The van der Waals surface area contributed by atoms with Gasteiger partial charge in [-0.05, 0) is 46.4 Å². The maximum absolute atomic E-state index is 2.39. The van der Waals surface area contributed by atoms with Crippen molar-refractivity contribution in [3.05, 3.63) is 34.4 Å². The first-order chi connectivity index (χ1) is 7.57. The van der Waals surface area contributed by atoms with E-state index in [2.05, 4.69) is 67.5 Å². The summed E-state index contributed by atoms with van der Waals surface area (Å²) in [6.07, 6.45) is 1.12. The van der Waals surface area contributed by atoms with Gasteiger partial charge in [-0.3, -0.25) is 0 Å². The second kappa shape index (κ2) is 4.48. The highest BCUT2D eigenvalue weighted by molar-refractivity contribution is 5.44. The van der Waals surface area contributed by atoms with Crippen LogP contribution in [0.2, 0.25) is 0 Å². The highest BCUT2D eigenvalue weighted by Crippen LogP contribution is 2.34. The zero-order valence-electron chi connectivity index (χ0n) is 12.9. The first-order valence-electron chi connectivity index (χ1n) is 6.72. The van der Waals surface area contributed by atoms with Crippen molar-refractivity contribution in [2.24, 2.45) is 0 Å². The van der Waals surface area contributed by atoms with Crippen molar-refractivity contribution in [1.29, 1.82) is 0 Å². The summed E-state index contributed by atoms with van der Waals surface area (Å²) in [5, 5.41) is 0. The molecule has 0 aromatic heterocycles. The number of hydrogen-bond donors (Lipinski definition) is 0. The van der Waals surface area contributed by atoms with Crippen LogP contribution in [-0.2, 0) is 17.3 Å². The number of hydrogen-bond acceptors (Lipinski definition) is 0. The fourth-order valence-corrected chi connectivity index (χ4v) is 2.54. The molecule has 0 fully saturated rings. The minimum atomic E-state index is 0.231. The largest absolute Gasteiger partial charge is 0.0613 e. The summed E-state index contributed by atoms with van der Waals surface area (Å²) in [5.74, 6) is 0. The summed E-state index contributed by atoms with van der Waals surface area (Å²) in [5.41, 5.74) is 6.40. The molecule has 0 amide bonds. The molecule has 0 saturated heterocycles. The van der Waals surface area contributed by atoms with Crippen molar-refractivity contribution in [3.8, 4) is 0 Å². The number of rotatable bonds is 1. The van der Waals surface area contributed by atoms with E-state index in [1.54, 1.807) is 0 Å². The van der Waals surface area contributed by atoms with E-state index < -0.39 is 0 Å². The van der Waals surface area contributed by atoms with Crippen molar-refractivity contribution < 1.29 is 0 Å². The molecule has 96 valence electrons. The van der Waals surface area contributed by atoms with Gasteiger partial charge in [-0.2, -0.15) is 0 Å². The van der Waals surface area contributed by atoms with Gasteiger partial charge in [0.1, 0.15) is 0 Å². The second-order valence-electron chi connectivity index (χ2n) is 7.17. The molecular weight excluding hydrogens is 204 g/mol. The molecule has 0 unspecified atom stereocenters. The van der Waals surface area contributed by atoms with Gasteiger partial charge in [-0.25, -0.2) is 0 Å². The van der Waals surface area contributed by atoms with Crippen LogP contribution in [0.5, 0.6) is 0 Å². The van der Waals surface area contributed by atoms with Crippen molar-refractivity contribution >= 4 is 0 Å². The van der Waals surface area contributed by atoms with E-state index in [0.717, 1.165) is 6.42 Å². The Labute approximate surface area is 107 Å². The Kier molecular flexibility index (Phi) is 3.76. The van der Waals surface area contributed by atoms with Gasteiger partial charge in [0, 0.05) is 0 Å². The molecule has 0 aliphatic heterocycles. The Hall–Kier alpha value is -0.780. The quantitative estimate of drug-likeness (QED) is 0.628. The molecule has 0 saturated carbocycles. The van der Waals surface area contributed by atoms with Crippen molar-refractivity contribution in [3.63, 3.8) is 0 Å². The van der Waals surface area contributed by atoms with Gasteiger partial charge in [0.2, 0.25) is 0 Å². The van der Waals surface area contributed by atoms with Gasteiger partial charge in [0.25, 0.3) is 0 Å². The average molecular weight is 232 g/mol. The third kappa shape index (κ3) is 3.12. The predicted molar refractivity (Wildman–Crippen MR) is 78.0 cm³/mol. The van der Waals surface area contributed by atoms with Crippen molar-refractivity contribution in [1.82, 2.24) is 0 Å². The average Bonchev–Trinajstić information content (AvgIpc) is 2.14. The molecule has 0 heterocycles. The monoisotopic (exact) mass is 232 g/mol. The highest BCUT2D eigenvalue weighted by atomic mass is 14.3. The van der Waals surface area contributed by atoms with Crippen LogP contribution in [0, 0.1) is 6.92 Å². The van der Waals surface area contributed by atoms with Crippen LogP contribution in [0.25, 0.3) is 0 Å². The molecule has 17 heavy (non-hydrogen) atoms. The molecule has 1 rings (SSSR count). The molecule has 0 N–H and O–H groups in total. The molecule has 0 aliphatic carbocycles. The summed E-state index contributed by atoms with van der Waals surface area (Å²) >= 11 is 0. The van der Waals surface area contributed by atoms with Gasteiger partial charge >= 0.3 is 0 Å². The van der Waals surface area contributed by atoms with E-state index in [4.69, 9.17) is 0 Å². The molecule has 0 atom stereocenters. The van der Waals surface area contributed by atoms with Crippen molar-refractivity contribution in [2.75, 3.05) is 0 Å². The Morgan fingerprint density at radius 3 is 1.41 bits per heavy atom. The summed E-state index contributed by atoms with van der Waals surface area (Å²) < 4.78 is 0. The summed E-state index contributed by atoms with van der Waals surface area (Å²) in [6, 6.07) is 4.79. The topological polar surface area (TPSA) is 0 Å². The molecule has 1 aromatic carbocycles. The minimum Gasteiger partial charge on any atom is -0.0613 e. The SMILES string of the molecule is CCc1cc(C(C)(C)C)c(C)c(C(C)(C)C)c1. The molecule has 0 heteroatoms. The van der Waals surface area contributed by atoms with Crippen LogP contribution in [0.1, 0.15) is 70.7 Å². The van der Waals surface area contributed by atoms with E-state index in [-0.39, 0.29) is 10.8 Å². The number of benzene rings is 1. The smallest absolute Gasteiger partial charge is 0.0129 e. The fraction of sp³-hybridized carbons (Fsp3) is 0.647. The zero-order chi connectivity index (χ0) is 13.4. The van der Waals surface area contributed by atoms with E-state index in [1.165, 1.54) is 22.3 Å². The van der Waals surface area contributed by atoms with E-state index in [0.29, 0.717) is 0 Å². The number of aryl methyl sites for hydroxylation is 1. The lowest BCUT2D eigenvalue weighted by Gasteiger charge is -2.29. The first kappa shape index (κ1) is 14.3. The minimum absolute atomic E-state index is 0.231. The van der Waals surface area contributed by atoms with E-state index in [9.17, 15) is 0 Å². The van der Waals surface area contributed by atoms with Gasteiger partial charge in [-0.1, -0.05) is 60.6 Å². The van der Waals surface area contributed by atoms with E-state index in [1.807, 2.05) is 0 Å². The Balaban J connectivity index is 3.53. The van der Waals surface area contributed by atoms with Crippen LogP contribution in [0.15, 0.2) is 12.1 Å². The van der Waals surface area contributed by atoms with Gasteiger partial charge < -0.3 is 0 Å². The lowest BCUT2D eigenvalue weighted by Crippen LogP contribution is -2.20. The molecule has 0 spiro atoms. The first-order valence-corrected chi connectivity index (χ1v) is 6.72. The maximum Gasteiger partial charge on any atom is -0.0129 e. The van der Waals surface area contributed by atoms with Crippen molar-refractivity contribution in [2.45, 2.75) is 72.6 Å². The molecule has 0 radical (unpaired) electrons. The predicted octanol–water partition coefficient (Wildman–Crippen LogP) is 5.15. The van der Waals surface area contributed by atoms with Gasteiger partial charge in [0.05, 0.1) is 0 Å². The lowest BCUT2D eigenvalue weighted by molar-refractivity contribution is 0.559. The molecule has 1 aromatic rings. The maximum atomic E-state index is 2.39. The summed E-state index contributed by atoms with van der Waals surface area (Å²) in [6.45, 7) is 18.4. The van der Waals surface area contributed by atoms with E-state index >= 15 is 0 Å². The third-order valence-electron chi connectivity index (χ3n) is 3.49. The summed E-state index contributed by atoms with van der Waals surface area (Å²) in [4.78, 5) is 0.